The van der Waals surface area contributed by atoms with Gasteiger partial charge in [-0.2, -0.15) is 0 Å². The number of hydrogen-bond donors (Lipinski definition) is 0. The summed E-state index contributed by atoms with van der Waals surface area (Å²) in [5, 5.41) is 0.639. The van der Waals surface area contributed by atoms with Crippen LogP contribution in [-0.4, -0.2) is 10.2 Å². The van der Waals surface area contributed by atoms with Gasteiger partial charge in [-0.25, -0.2) is 0 Å². The van der Waals surface area contributed by atoms with E-state index in [1.165, 1.54) is 21.4 Å². The van der Waals surface area contributed by atoms with Crippen molar-refractivity contribution in [2.24, 2.45) is 0 Å². The predicted octanol–water partition coefficient (Wildman–Crippen LogP) is 4.38. The van der Waals surface area contributed by atoms with Gasteiger partial charge in [-0.05, 0) is 11.1 Å². The van der Waals surface area contributed by atoms with Gasteiger partial charge in [-0.1, -0.05) is 86.5 Å². The van der Waals surface area contributed by atoms with Gasteiger partial charge in [0.05, 0.1) is 0 Å². The molecule has 0 fully saturated rings. The Kier molecular flexibility index (Phi) is 13.3. The van der Waals surface area contributed by atoms with Gasteiger partial charge in [0.25, 0.3) is 0 Å². The van der Waals surface area contributed by atoms with E-state index in [1.54, 1.807) is 0 Å². The van der Waals surface area contributed by atoms with E-state index < -0.39 is 0 Å². The van der Waals surface area contributed by atoms with Crippen molar-refractivity contribution in [3.05, 3.63) is 60.7 Å². The fourth-order valence-electron chi connectivity index (χ4n) is 1.26. The molecular weight excluding hydrogens is 277 g/mol. The minimum Gasteiger partial charge on any atom is -0.269 e. The van der Waals surface area contributed by atoms with Crippen LogP contribution in [0.4, 0.5) is 14.1 Å². The molecule has 0 saturated heterocycles. The van der Waals surface area contributed by atoms with Crippen LogP contribution >= 0.6 is 0 Å². The smallest absolute Gasteiger partial charge is 0.00959 e. The third kappa shape index (κ3) is 11.5. The average Bonchev–Trinajstić information content (AvgIpc) is 2.29. The first kappa shape index (κ1) is 23.5. The fraction of sp³-hybridized carbons (Fsp3) is 0.250. The van der Waals surface area contributed by atoms with E-state index in [0.717, 1.165) is 0 Å². The van der Waals surface area contributed by atoms with Crippen molar-refractivity contribution in [2.45, 2.75) is 25.8 Å². The molecule has 0 nitrogen and oxygen atoms in total. The van der Waals surface area contributed by atoms with Gasteiger partial charge in [-0.3, -0.25) is 14.1 Å². The number of halogens is 3. The monoisotopic (exact) mass is 302 g/mol. The van der Waals surface area contributed by atoms with Crippen LogP contribution in [0.3, 0.4) is 0 Å². The van der Waals surface area contributed by atoms with Crippen molar-refractivity contribution >= 4 is 10.2 Å². The maximum Gasteiger partial charge on any atom is 0.00959 e. The SMILES string of the molecule is CC(C)(C)[SiH3].F.F.F.c1ccc(-c2ccccc2)cc1. The summed E-state index contributed by atoms with van der Waals surface area (Å²) in [7, 11) is 1.31. The zero-order valence-corrected chi connectivity index (χ0v) is 14.5. The molecule has 0 aliphatic rings. The van der Waals surface area contributed by atoms with Crippen LogP contribution in [0, 0.1) is 0 Å². The zero-order valence-electron chi connectivity index (χ0n) is 12.5. The molecule has 0 spiro atoms. The van der Waals surface area contributed by atoms with Gasteiger partial charge in [0.2, 0.25) is 0 Å². The molecule has 0 amide bonds. The van der Waals surface area contributed by atoms with Gasteiger partial charge in [-0.15, -0.1) is 0 Å². The number of rotatable bonds is 1. The summed E-state index contributed by atoms with van der Waals surface area (Å²) in [6, 6.07) is 20.8. The highest BCUT2D eigenvalue weighted by atomic mass is 28.1. The van der Waals surface area contributed by atoms with Crippen LogP contribution < -0.4 is 0 Å². The molecule has 2 aromatic rings. The second-order valence-electron chi connectivity index (χ2n) is 5.73. The summed E-state index contributed by atoms with van der Waals surface area (Å²) in [5.41, 5.74) is 2.55. The third-order valence-electron chi connectivity index (χ3n) is 1.88. The highest BCUT2D eigenvalue weighted by Crippen LogP contribution is 2.17. The van der Waals surface area contributed by atoms with Crippen LogP contribution in [0.2, 0.25) is 5.04 Å². The van der Waals surface area contributed by atoms with E-state index in [2.05, 4.69) is 69.3 Å². The van der Waals surface area contributed by atoms with Gasteiger partial charge >= 0.3 is 0 Å². The molecule has 0 aromatic heterocycles. The molecule has 2 rings (SSSR count). The highest BCUT2D eigenvalue weighted by Gasteiger charge is 1.95. The van der Waals surface area contributed by atoms with Crippen molar-refractivity contribution in [3.8, 4) is 11.1 Å². The van der Waals surface area contributed by atoms with Crippen LogP contribution in [0.5, 0.6) is 0 Å². The summed E-state index contributed by atoms with van der Waals surface area (Å²) in [5.74, 6) is 0. The largest absolute Gasteiger partial charge is 0.269 e. The highest BCUT2D eigenvalue weighted by molar-refractivity contribution is 6.14. The van der Waals surface area contributed by atoms with Crippen LogP contribution in [0.1, 0.15) is 20.8 Å². The molecular formula is C16H25F3Si. The van der Waals surface area contributed by atoms with Crippen LogP contribution in [0.15, 0.2) is 60.7 Å². The summed E-state index contributed by atoms with van der Waals surface area (Å²) < 4.78 is 0. The van der Waals surface area contributed by atoms with Crippen molar-refractivity contribution < 1.29 is 14.1 Å². The maximum absolute atomic E-state index is 2.25. The van der Waals surface area contributed by atoms with Crippen molar-refractivity contribution in [2.75, 3.05) is 0 Å². The Hall–Kier alpha value is -1.55. The summed E-state index contributed by atoms with van der Waals surface area (Å²) in [4.78, 5) is 0. The first-order valence-electron chi connectivity index (χ1n) is 6.07. The zero-order chi connectivity index (χ0) is 12.7. The lowest BCUT2D eigenvalue weighted by atomic mass is 10.1. The second-order valence-corrected chi connectivity index (χ2v) is 8.73. The van der Waals surface area contributed by atoms with E-state index in [-0.39, 0.29) is 14.1 Å². The molecule has 0 saturated carbocycles. The summed E-state index contributed by atoms with van der Waals surface area (Å²) >= 11 is 0. The topological polar surface area (TPSA) is 0 Å². The minimum absolute atomic E-state index is 0. The van der Waals surface area contributed by atoms with E-state index >= 15 is 0 Å². The Balaban J connectivity index is -0.000000322. The molecule has 4 heteroatoms. The van der Waals surface area contributed by atoms with Crippen molar-refractivity contribution in [3.63, 3.8) is 0 Å². The molecule has 2 aromatic carbocycles. The molecule has 0 bridgehead atoms. The Morgan fingerprint density at radius 2 is 0.800 bits per heavy atom. The Bertz CT molecular complexity index is 381. The standard InChI is InChI=1S/C12H10.C4H12Si.3FH/c1-3-7-11(8-4-1)12-9-5-2-6-10-12;1-4(2,3)5;;;/h1-10H;1-3,5H3;3*1H. The van der Waals surface area contributed by atoms with E-state index in [0.29, 0.717) is 5.04 Å². The fourth-order valence-corrected chi connectivity index (χ4v) is 1.26. The molecule has 0 aliphatic heterocycles. The molecule has 0 unspecified atom stereocenters. The quantitative estimate of drug-likeness (QED) is 0.686. The lowest BCUT2D eigenvalue weighted by molar-refractivity contribution is 0.767. The van der Waals surface area contributed by atoms with Gasteiger partial charge in [0.15, 0.2) is 0 Å². The average molecular weight is 302 g/mol. The van der Waals surface area contributed by atoms with E-state index in [9.17, 15) is 0 Å². The lowest BCUT2D eigenvalue weighted by Gasteiger charge is -2.05. The Labute approximate surface area is 122 Å². The minimum atomic E-state index is 0. The van der Waals surface area contributed by atoms with E-state index in [4.69, 9.17) is 0 Å². The van der Waals surface area contributed by atoms with Crippen LogP contribution in [0.25, 0.3) is 11.1 Å². The lowest BCUT2D eigenvalue weighted by Crippen LogP contribution is -1.90. The molecule has 0 N–H and O–H groups in total. The number of benzene rings is 2. The molecule has 0 atom stereocenters. The Morgan fingerprint density at radius 1 is 0.600 bits per heavy atom. The molecule has 0 aliphatic carbocycles. The number of hydrogen-bond acceptors (Lipinski definition) is 0. The predicted molar refractivity (Wildman–Crippen MR) is 89.0 cm³/mol. The second kappa shape index (κ2) is 11.3. The summed E-state index contributed by atoms with van der Waals surface area (Å²) in [6.45, 7) is 6.75. The molecule has 20 heavy (non-hydrogen) atoms. The van der Waals surface area contributed by atoms with Gasteiger partial charge in [0.1, 0.15) is 0 Å². The first-order valence-corrected chi connectivity index (χ1v) is 7.07. The first-order chi connectivity index (χ1) is 7.97. The maximum atomic E-state index is 2.25. The van der Waals surface area contributed by atoms with Gasteiger partial charge in [0, 0.05) is 10.2 Å². The van der Waals surface area contributed by atoms with Crippen LogP contribution in [-0.2, 0) is 0 Å². The van der Waals surface area contributed by atoms with Gasteiger partial charge < -0.3 is 0 Å². The van der Waals surface area contributed by atoms with Crippen molar-refractivity contribution in [1.29, 1.82) is 0 Å². The summed E-state index contributed by atoms with van der Waals surface area (Å²) in [6.07, 6.45) is 0. The molecule has 0 heterocycles. The van der Waals surface area contributed by atoms with Crippen molar-refractivity contribution in [1.82, 2.24) is 0 Å². The molecule has 114 valence electrons. The Morgan fingerprint density at radius 3 is 1.00 bits per heavy atom. The third-order valence-corrected chi connectivity index (χ3v) is 1.88. The normalized spacial score (nSPS) is 8.95. The molecule has 0 radical (unpaired) electrons. The van der Waals surface area contributed by atoms with E-state index in [1.807, 2.05) is 12.1 Å².